The highest BCUT2D eigenvalue weighted by molar-refractivity contribution is 5.87. The van der Waals surface area contributed by atoms with Crippen LogP contribution in [0.1, 0.15) is 56.9 Å². The molecule has 2 N–H and O–H groups in total. The maximum Gasteiger partial charge on any atom is 0.245 e. The first kappa shape index (κ1) is 17.8. The summed E-state index contributed by atoms with van der Waals surface area (Å²) in [4.78, 5) is 26.5. The van der Waals surface area contributed by atoms with Crippen LogP contribution in [0.5, 0.6) is 5.75 Å². The highest BCUT2D eigenvalue weighted by Crippen LogP contribution is 2.32. The van der Waals surface area contributed by atoms with Crippen molar-refractivity contribution in [3.05, 3.63) is 29.8 Å². The molecule has 1 unspecified atom stereocenters. The van der Waals surface area contributed by atoms with Crippen molar-refractivity contribution in [2.45, 2.75) is 57.4 Å². The normalized spacial score (nSPS) is 20.4. The number of hydrogen-bond acceptors (Lipinski definition) is 3. The van der Waals surface area contributed by atoms with E-state index >= 15 is 0 Å². The predicted octanol–water partition coefficient (Wildman–Crippen LogP) is 2.79. The second-order valence-corrected chi connectivity index (χ2v) is 7.41. The molecule has 1 heterocycles. The number of carbonyl (C=O) groups excluding carboxylic acids is 2. The van der Waals surface area contributed by atoms with Crippen molar-refractivity contribution in [1.82, 2.24) is 10.2 Å². The number of rotatable bonds is 4. The minimum Gasteiger partial charge on any atom is -0.508 e. The number of piperidine rings is 1. The number of aromatic hydroxyl groups is 1. The summed E-state index contributed by atoms with van der Waals surface area (Å²) in [5.74, 6) is 0.961. The molecule has 5 nitrogen and oxygen atoms in total. The molecule has 3 rings (SSSR count). The summed E-state index contributed by atoms with van der Waals surface area (Å²) in [7, 11) is 0. The molecule has 5 heteroatoms. The molecule has 1 aromatic rings. The molecule has 136 valence electrons. The van der Waals surface area contributed by atoms with Crippen LogP contribution in [0, 0.1) is 5.92 Å². The third-order valence-corrected chi connectivity index (χ3v) is 5.67. The minimum absolute atomic E-state index is 0.0891. The van der Waals surface area contributed by atoms with Gasteiger partial charge < -0.3 is 15.3 Å². The summed E-state index contributed by atoms with van der Waals surface area (Å²) in [6.07, 6.45) is 6.21. The Morgan fingerprint density at radius 2 is 1.68 bits per heavy atom. The first-order valence-electron chi connectivity index (χ1n) is 9.39. The third-order valence-electron chi connectivity index (χ3n) is 5.67. The van der Waals surface area contributed by atoms with Crippen molar-refractivity contribution in [3.8, 4) is 5.75 Å². The van der Waals surface area contributed by atoms with E-state index in [-0.39, 0.29) is 29.5 Å². The highest BCUT2D eigenvalue weighted by atomic mass is 16.3. The van der Waals surface area contributed by atoms with Gasteiger partial charge in [0.1, 0.15) is 11.8 Å². The summed E-state index contributed by atoms with van der Waals surface area (Å²) < 4.78 is 0. The van der Waals surface area contributed by atoms with Crippen LogP contribution in [-0.2, 0) is 9.59 Å². The van der Waals surface area contributed by atoms with Crippen molar-refractivity contribution in [3.63, 3.8) is 0 Å². The smallest absolute Gasteiger partial charge is 0.245 e. The molecule has 2 aliphatic rings. The van der Waals surface area contributed by atoms with Gasteiger partial charge in [0, 0.05) is 20.0 Å². The molecular weight excluding hydrogens is 316 g/mol. The van der Waals surface area contributed by atoms with Gasteiger partial charge in [0.05, 0.1) is 0 Å². The van der Waals surface area contributed by atoms with Crippen molar-refractivity contribution in [2.24, 2.45) is 5.92 Å². The number of nitrogens with zero attached hydrogens (tertiary/aromatic N) is 1. The van der Waals surface area contributed by atoms with Crippen LogP contribution < -0.4 is 5.32 Å². The lowest BCUT2D eigenvalue weighted by molar-refractivity contribution is -0.138. The first-order chi connectivity index (χ1) is 12.0. The molecule has 25 heavy (non-hydrogen) atoms. The summed E-state index contributed by atoms with van der Waals surface area (Å²) >= 11 is 0. The van der Waals surface area contributed by atoms with Crippen molar-refractivity contribution in [1.29, 1.82) is 0 Å². The van der Waals surface area contributed by atoms with Gasteiger partial charge in [0.25, 0.3) is 0 Å². The van der Waals surface area contributed by atoms with Crippen LogP contribution >= 0.6 is 0 Å². The van der Waals surface area contributed by atoms with E-state index < -0.39 is 0 Å². The van der Waals surface area contributed by atoms with Crippen LogP contribution in [-0.4, -0.2) is 41.0 Å². The van der Waals surface area contributed by atoms with Crippen LogP contribution in [0.15, 0.2) is 24.3 Å². The topological polar surface area (TPSA) is 69.6 Å². The number of carbonyl (C=O) groups is 2. The Labute approximate surface area is 149 Å². The lowest BCUT2D eigenvalue weighted by Crippen LogP contribution is -2.53. The van der Waals surface area contributed by atoms with Crippen molar-refractivity contribution < 1.29 is 14.7 Å². The Hall–Kier alpha value is -2.04. The Kier molecular flexibility index (Phi) is 5.61. The van der Waals surface area contributed by atoms with E-state index in [9.17, 15) is 14.7 Å². The monoisotopic (exact) mass is 344 g/mol. The van der Waals surface area contributed by atoms with E-state index in [0.29, 0.717) is 5.92 Å². The minimum atomic E-state index is -0.356. The van der Waals surface area contributed by atoms with Crippen LogP contribution in [0.2, 0.25) is 0 Å². The van der Waals surface area contributed by atoms with E-state index in [0.717, 1.165) is 51.6 Å². The van der Waals surface area contributed by atoms with Crippen LogP contribution in [0.25, 0.3) is 0 Å². The Bertz CT molecular complexity index is 600. The quantitative estimate of drug-likeness (QED) is 0.882. The molecule has 0 spiro atoms. The maximum absolute atomic E-state index is 13.0. The summed E-state index contributed by atoms with van der Waals surface area (Å²) in [6, 6.07) is 7.02. The fourth-order valence-corrected chi connectivity index (χ4v) is 4.27. The van der Waals surface area contributed by atoms with Gasteiger partial charge in [-0.2, -0.15) is 0 Å². The van der Waals surface area contributed by atoms with Gasteiger partial charge in [0.2, 0.25) is 11.8 Å². The zero-order chi connectivity index (χ0) is 17.8. The molecular formula is C20H28N2O3. The number of amides is 2. The van der Waals surface area contributed by atoms with E-state index in [1.165, 1.54) is 12.5 Å². The fraction of sp³-hybridized carbons (Fsp3) is 0.600. The average Bonchev–Trinajstić information content (AvgIpc) is 3.14. The Morgan fingerprint density at radius 1 is 1.08 bits per heavy atom. The molecule has 1 aromatic carbocycles. The van der Waals surface area contributed by atoms with Crippen LogP contribution in [0.3, 0.4) is 0 Å². The lowest BCUT2D eigenvalue weighted by atomic mass is 9.88. The Morgan fingerprint density at radius 3 is 2.24 bits per heavy atom. The number of phenolic OH excluding ortho intramolecular Hbond substituents is 1. The second kappa shape index (κ2) is 7.89. The molecule has 1 aliphatic heterocycles. The fourth-order valence-electron chi connectivity index (χ4n) is 4.27. The summed E-state index contributed by atoms with van der Waals surface area (Å²) in [6.45, 7) is 2.95. The molecule has 1 saturated carbocycles. The lowest BCUT2D eigenvalue weighted by Gasteiger charge is -2.36. The van der Waals surface area contributed by atoms with Gasteiger partial charge >= 0.3 is 0 Å². The van der Waals surface area contributed by atoms with E-state index in [1.807, 2.05) is 17.0 Å². The molecule has 1 atom stereocenters. The number of benzene rings is 1. The first-order valence-corrected chi connectivity index (χ1v) is 9.39. The van der Waals surface area contributed by atoms with Gasteiger partial charge in [0.15, 0.2) is 0 Å². The highest BCUT2D eigenvalue weighted by Gasteiger charge is 2.35. The molecule has 0 radical (unpaired) electrons. The number of nitrogens with one attached hydrogen (secondary N) is 1. The van der Waals surface area contributed by atoms with Crippen LogP contribution in [0.4, 0.5) is 0 Å². The van der Waals surface area contributed by atoms with Crippen molar-refractivity contribution >= 4 is 11.8 Å². The molecule has 2 fully saturated rings. The SMILES string of the molecule is CC(=O)NC(C(=O)N1CCC(c2ccc(O)cc2)CC1)C1CCCC1. The standard InChI is InChI=1S/C20H28N2O3/c1-14(23)21-19(17-4-2-3-5-17)20(25)22-12-10-16(11-13-22)15-6-8-18(24)9-7-15/h6-9,16-17,19,24H,2-5,10-13H2,1H3,(H,21,23). The number of phenols is 1. The molecule has 0 bridgehead atoms. The van der Waals surface area contributed by atoms with Gasteiger partial charge in [-0.3, -0.25) is 9.59 Å². The van der Waals surface area contributed by atoms with Gasteiger partial charge in [-0.15, -0.1) is 0 Å². The van der Waals surface area contributed by atoms with Crippen molar-refractivity contribution in [2.75, 3.05) is 13.1 Å². The Balaban J connectivity index is 1.61. The summed E-state index contributed by atoms with van der Waals surface area (Å²) in [5, 5.41) is 12.3. The van der Waals surface area contributed by atoms with Gasteiger partial charge in [-0.25, -0.2) is 0 Å². The van der Waals surface area contributed by atoms with Gasteiger partial charge in [-0.1, -0.05) is 25.0 Å². The van der Waals surface area contributed by atoms with Gasteiger partial charge in [-0.05, 0) is 55.2 Å². The zero-order valence-corrected chi connectivity index (χ0v) is 14.9. The van der Waals surface area contributed by atoms with E-state index in [2.05, 4.69) is 5.32 Å². The van der Waals surface area contributed by atoms with E-state index in [4.69, 9.17) is 0 Å². The zero-order valence-electron chi connectivity index (χ0n) is 14.9. The second-order valence-electron chi connectivity index (χ2n) is 7.41. The number of hydrogen-bond donors (Lipinski definition) is 2. The molecule has 1 aliphatic carbocycles. The van der Waals surface area contributed by atoms with E-state index in [1.54, 1.807) is 12.1 Å². The maximum atomic E-state index is 13.0. The summed E-state index contributed by atoms with van der Waals surface area (Å²) in [5.41, 5.74) is 1.22. The predicted molar refractivity (Wildman–Crippen MR) is 96.2 cm³/mol. The largest absolute Gasteiger partial charge is 0.508 e. The number of likely N-dealkylation sites (tertiary alicyclic amines) is 1. The molecule has 0 aromatic heterocycles. The molecule has 2 amide bonds. The molecule has 1 saturated heterocycles. The third kappa shape index (κ3) is 4.33. The average molecular weight is 344 g/mol.